The molecule has 1 atom stereocenters. The Labute approximate surface area is 122 Å². The van der Waals surface area contributed by atoms with Crippen LogP contribution in [0.2, 0.25) is 0 Å². The first-order valence-corrected chi connectivity index (χ1v) is 7.61. The van der Waals surface area contributed by atoms with E-state index in [0.29, 0.717) is 6.42 Å². The molecule has 3 heteroatoms. The Morgan fingerprint density at radius 3 is 2.50 bits per heavy atom. The van der Waals surface area contributed by atoms with Gasteiger partial charge in [-0.05, 0) is 19.4 Å². The zero-order valence-corrected chi connectivity index (χ0v) is 12.9. The highest BCUT2D eigenvalue weighted by molar-refractivity contribution is 5.76. The highest BCUT2D eigenvalue weighted by atomic mass is 16.3. The third kappa shape index (κ3) is 4.87. The molecule has 0 fully saturated rings. The van der Waals surface area contributed by atoms with Crippen molar-refractivity contribution < 1.29 is 9.90 Å². The number of unbranched alkanes of at least 4 members (excludes halogenated alkanes) is 4. The van der Waals surface area contributed by atoms with Gasteiger partial charge in [0.2, 0.25) is 5.91 Å². The van der Waals surface area contributed by atoms with Crippen molar-refractivity contribution in [2.24, 2.45) is 0 Å². The molecular weight excluding hydrogens is 250 g/mol. The number of para-hydroxylation sites is 1. The molecule has 0 aliphatic carbocycles. The van der Waals surface area contributed by atoms with Gasteiger partial charge in [0, 0.05) is 19.0 Å². The molecule has 0 aromatic heterocycles. The Bertz CT molecular complexity index is 417. The van der Waals surface area contributed by atoms with Crippen LogP contribution in [-0.4, -0.2) is 23.0 Å². The molecule has 1 unspecified atom stereocenters. The van der Waals surface area contributed by atoms with Gasteiger partial charge in [-0.25, -0.2) is 0 Å². The average Bonchev–Trinajstić information content (AvgIpc) is 2.46. The van der Waals surface area contributed by atoms with E-state index in [1.807, 2.05) is 26.1 Å². The SMILES string of the molecule is CCCCCCCC(=O)N(C)C(C)c1ccccc1O. The number of benzene rings is 1. The van der Waals surface area contributed by atoms with Crippen LogP contribution in [0.1, 0.15) is 64.0 Å². The fraction of sp³-hybridized carbons (Fsp3) is 0.588. The molecule has 0 spiro atoms. The molecule has 1 aromatic carbocycles. The van der Waals surface area contributed by atoms with Gasteiger partial charge in [-0.3, -0.25) is 4.79 Å². The quantitative estimate of drug-likeness (QED) is 0.721. The van der Waals surface area contributed by atoms with E-state index >= 15 is 0 Å². The van der Waals surface area contributed by atoms with E-state index in [4.69, 9.17) is 0 Å². The lowest BCUT2D eigenvalue weighted by molar-refractivity contribution is -0.131. The van der Waals surface area contributed by atoms with Crippen molar-refractivity contribution in [3.8, 4) is 5.75 Å². The molecule has 0 heterocycles. The molecule has 0 aliphatic heterocycles. The van der Waals surface area contributed by atoms with Gasteiger partial charge in [0.15, 0.2) is 0 Å². The van der Waals surface area contributed by atoms with E-state index in [1.165, 1.54) is 19.3 Å². The number of carbonyl (C=O) groups excluding carboxylic acids is 1. The van der Waals surface area contributed by atoms with Gasteiger partial charge in [-0.1, -0.05) is 50.8 Å². The summed E-state index contributed by atoms with van der Waals surface area (Å²) in [6.45, 7) is 4.14. The summed E-state index contributed by atoms with van der Waals surface area (Å²) < 4.78 is 0. The molecule has 1 aromatic rings. The fourth-order valence-corrected chi connectivity index (χ4v) is 2.32. The summed E-state index contributed by atoms with van der Waals surface area (Å²) >= 11 is 0. The van der Waals surface area contributed by atoms with Gasteiger partial charge in [0.05, 0.1) is 6.04 Å². The second-order valence-electron chi connectivity index (χ2n) is 5.40. The molecular formula is C17H27NO2. The summed E-state index contributed by atoms with van der Waals surface area (Å²) in [7, 11) is 1.81. The molecule has 0 saturated heterocycles. The number of hydrogen-bond acceptors (Lipinski definition) is 2. The van der Waals surface area contributed by atoms with Crippen LogP contribution < -0.4 is 0 Å². The van der Waals surface area contributed by atoms with E-state index in [-0.39, 0.29) is 17.7 Å². The number of amides is 1. The first kappa shape index (κ1) is 16.5. The number of phenolic OH excluding ortho intramolecular Hbond substituents is 1. The number of aromatic hydroxyl groups is 1. The zero-order valence-electron chi connectivity index (χ0n) is 12.9. The van der Waals surface area contributed by atoms with Gasteiger partial charge in [-0.2, -0.15) is 0 Å². The molecule has 20 heavy (non-hydrogen) atoms. The predicted octanol–water partition coefficient (Wildman–Crippen LogP) is 4.27. The van der Waals surface area contributed by atoms with Crippen LogP contribution in [0.25, 0.3) is 0 Å². The van der Waals surface area contributed by atoms with E-state index in [2.05, 4.69) is 6.92 Å². The second-order valence-corrected chi connectivity index (χ2v) is 5.40. The van der Waals surface area contributed by atoms with E-state index in [0.717, 1.165) is 18.4 Å². The first-order chi connectivity index (χ1) is 9.57. The summed E-state index contributed by atoms with van der Waals surface area (Å²) in [5.74, 6) is 0.403. The van der Waals surface area contributed by atoms with Crippen LogP contribution in [0.3, 0.4) is 0 Å². The third-order valence-corrected chi connectivity index (χ3v) is 3.86. The predicted molar refractivity (Wildman–Crippen MR) is 82.7 cm³/mol. The van der Waals surface area contributed by atoms with E-state index in [9.17, 15) is 9.90 Å². The molecule has 0 bridgehead atoms. The molecule has 0 radical (unpaired) electrons. The molecule has 1 N–H and O–H groups in total. The van der Waals surface area contributed by atoms with Crippen LogP contribution in [0.5, 0.6) is 5.75 Å². The third-order valence-electron chi connectivity index (χ3n) is 3.86. The minimum absolute atomic E-state index is 0.0978. The highest BCUT2D eigenvalue weighted by Gasteiger charge is 2.19. The summed E-state index contributed by atoms with van der Waals surface area (Å²) in [5.41, 5.74) is 0.800. The van der Waals surface area contributed by atoms with Gasteiger partial charge in [0.25, 0.3) is 0 Å². The summed E-state index contributed by atoms with van der Waals surface area (Å²) in [4.78, 5) is 13.9. The number of nitrogens with zero attached hydrogens (tertiary/aromatic N) is 1. The smallest absolute Gasteiger partial charge is 0.222 e. The summed E-state index contributed by atoms with van der Waals surface area (Å²) in [6, 6.07) is 7.11. The molecule has 0 saturated carbocycles. The van der Waals surface area contributed by atoms with Gasteiger partial charge >= 0.3 is 0 Å². The Morgan fingerprint density at radius 2 is 1.85 bits per heavy atom. The van der Waals surface area contributed by atoms with Crippen molar-refractivity contribution in [2.45, 2.75) is 58.4 Å². The Balaban J connectivity index is 2.46. The van der Waals surface area contributed by atoms with Gasteiger partial charge in [0.1, 0.15) is 5.75 Å². The van der Waals surface area contributed by atoms with Crippen LogP contribution in [0.15, 0.2) is 24.3 Å². The lowest BCUT2D eigenvalue weighted by atomic mass is 10.1. The molecule has 3 nitrogen and oxygen atoms in total. The topological polar surface area (TPSA) is 40.5 Å². The van der Waals surface area contributed by atoms with Crippen molar-refractivity contribution in [1.29, 1.82) is 0 Å². The van der Waals surface area contributed by atoms with Crippen LogP contribution in [0.4, 0.5) is 0 Å². The van der Waals surface area contributed by atoms with Crippen LogP contribution in [-0.2, 0) is 4.79 Å². The lowest BCUT2D eigenvalue weighted by Gasteiger charge is -2.26. The monoisotopic (exact) mass is 277 g/mol. The maximum absolute atomic E-state index is 12.1. The number of hydrogen-bond donors (Lipinski definition) is 1. The Hall–Kier alpha value is -1.51. The minimum Gasteiger partial charge on any atom is -0.508 e. The van der Waals surface area contributed by atoms with Crippen molar-refractivity contribution in [2.75, 3.05) is 7.05 Å². The Morgan fingerprint density at radius 1 is 1.20 bits per heavy atom. The van der Waals surface area contributed by atoms with E-state index in [1.54, 1.807) is 17.0 Å². The van der Waals surface area contributed by atoms with Gasteiger partial charge < -0.3 is 10.0 Å². The lowest BCUT2D eigenvalue weighted by Crippen LogP contribution is -2.29. The van der Waals surface area contributed by atoms with Crippen molar-refractivity contribution in [3.63, 3.8) is 0 Å². The molecule has 0 aliphatic rings. The highest BCUT2D eigenvalue weighted by Crippen LogP contribution is 2.27. The fourth-order valence-electron chi connectivity index (χ4n) is 2.32. The van der Waals surface area contributed by atoms with Crippen LogP contribution >= 0.6 is 0 Å². The second kappa shape index (κ2) is 8.62. The summed E-state index contributed by atoms with van der Waals surface area (Å²) in [6.07, 6.45) is 6.35. The zero-order chi connectivity index (χ0) is 15.0. The minimum atomic E-state index is -0.0978. The maximum atomic E-state index is 12.1. The summed E-state index contributed by atoms with van der Waals surface area (Å²) in [5, 5.41) is 9.85. The first-order valence-electron chi connectivity index (χ1n) is 7.61. The standard InChI is InChI=1S/C17H27NO2/c1-4-5-6-7-8-13-17(20)18(3)14(2)15-11-9-10-12-16(15)19/h9-12,14,19H,4-8,13H2,1-3H3. The number of phenols is 1. The molecule has 1 rings (SSSR count). The number of rotatable bonds is 8. The molecule has 112 valence electrons. The van der Waals surface area contributed by atoms with Crippen molar-refractivity contribution >= 4 is 5.91 Å². The van der Waals surface area contributed by atoms with E-state index < -0.39 is 0 Å². The van der Waals surface area contributed by atoms with Crippen LogP contribution in [0, 0.1) is 0 Å². The molecule has 1 amide bonds. The van der Waals surface area contributed by atoms with Gasteiger partial charge in [-0.15, -0.1) is 0 Å². The maximum Gasteiger partial charge on any atom is 0.222 e. The van der Waals surface area contributed by atoms with Crippen molar-refractivity contribution in [1.82, 2.24) is 4.90 Å². The largest absolute Gasteiger partial charge is 0.508 e. The average molecular weight is 277 g/mol. The normalized spacial score (nSPS) is 12.2. The van der Waals surface area contributed by atoms with Crippen molar-refractivity contribution in [3.05, 3.63) is 29.8 Å². The number of carbonyl (C=O) groups is 1. The Kier molecular flexibility index (Phi) is 7.13.